The number of rotatable bonds is 8. The van der Waals surface area contributed by atoms with Crippen molar-refractivity contribution in [2.24, 2.45) is 23.7 Å². The molecular weight excluding hydrogens is 329 g/mol. The van der Waals surface area contributed by atoms with E-state index in [9.17, 15) is 9.36 Å². The molecule has 5 nitrogen and oxygen atoms in total. The molecule has 0 spiro atoms. The van der Waals surface area contributed by atoms with Crippen molar-refractivity contribution >= 4 is 13.6 Å². The zero-order chi connectivity index (χ0) is 17.3. The van der Waals surface area contributed by atoms with Crippen LogP contribution < -0.4 is 0 Å². The summed E-state index contributed by atoms with van der Waals surface area (Å²) in [6.45, 7) is 4.38. The topological polar surface area (TPSA) is 61.8 Å². The molecule has 23 heavy (non-hydrogen) atoms. The number of carbonyl (C=O) groups is 1. The fraction of sp³-hybridized carbons (Fsp3) is 0.800. The van der Waals surface area contributed by atoms with Crippen molar-refractivity contribution in [2.45, 2.75) is 32.9 Å². The molecule has 0 saturated heterocycles. The van der Waals surface area contributed by atoms with Gasteiger partial charge in [-0.15, -0.1) is 0 Å². The molecule has 1 fully saturated rings. The van der Waals surface area contributed by atoms with E-state index in [-0.39, 0.29) is 25.7 Å². The second-order valence-electron chi connectivity index (χ2n) is 5.67. The van der Waals surface area contributed by atoms with E-state index in [1.165, 1.54) is 13.8 Å². The van der Waals surface area contributed by atoms with Crippen molar-refractivity contribution in [3.63, 3.8) is 0 Å². The number of hydrogen-bond donors (Lipinski definition) is 0. The lowest BCUT2D eigenvalue weighted by molar-refractivity contribution is -0.155. The minimum absolute atomic E-state index is 0.114. The third kappa shape index (κ3) is 3.11. The molecule has 0 radical (unpaired) electrons. The number of alkyl halides is 2. The van der Waals surface area contributed by atoms with Gasteiger partial charge in [0.05, 0.1) is 31.7 Å². The van der Waals surface area contributed by atoms with E-state index in [1.807, 2.05) is 0 Å². The molecule has 8 heteroatoms. The molecule has 0 heterocycles. The molecule has 4 atom stereocenters. The summed E-state index contributed by atoms with van der Waals surface area (Å²) in [6.07, 6.45) is 3.87. The highest BCUT2D eigenvalue weighted by Gasteiger charge is 2.67. The van der Waals surface area contributed by atoms with Crippen LogP contribution in [0.25, 0.3) is 0 Å². The zero-order valence-electron chi connectivity index (χ0n) is 13.5. The standard InChI is InChI=1S/C15H23F2O5P/c1-4-20-14(18)12-10-7-8-11(9-10)13(12)15(16,17)23(19,21-5-2)22-6-3/h7-8,10-13H,4-6,9H2,1-3H3/t10-,11+,12+,13+/m1/s1. The van der Waals surface area contributed by atoms with E-state index in [0.29, 0.717) is 6.42 Å². The monoisotopic (exact) mass is 352 g/mol. The van der Waals surface area contributed by atoms with Crippen molar-refractivity contribution in [1.29, 1.82) is 0 Å². The molecule has 1 saturated carbocycles. The Hall–Kier alpha value is -0.780. The fourth-order valence-corrected chi connectivity index (χ4v) is 5.40. The maximum absolute atomic E-state index is 15.1. The third-order valence-corrected chi connectivity index (χ3v) is 6.61. The Morgan fingerprint density at radius 1 is 1.13 bits per heavy atom. The lowest BCUT2D eigenvalue weighted by Crippen LogP contribution is -2.41. The van der Waals surface area contributed by atoms with E-state index in [4.69, 9.17) is 13.8 Å². The van der Waals surface area contributed by atoms with E-state index in [0.717, 1.165) is 0 Å². The average molecular weight is 352 g/mol. The Kier molecular flexibility index (Phi) is 5.64. The van der Waals surface area contributed by atoms with Gasteiger partial charge in [-0.1, -0.05) is 12.2 Å². The van der Waals surface area contributed by atoms with Crippen LogP contribution in [0.15, 0.2) is 12.2 Å². The van der Waals surface area contributed by atoms with Crippen LogP contribution in [-0.2, 0) is 23.1 Å². The van der Waals surface area contributed by atoms with Crippen LogP contribution in [0.4, 0.5) is 8.78 Å². The van der Waals surface area contributed by atoms with Crippen LogP contribution in [0.3, 0.4) is 0 Å². The number of ether oxygens (including phenoxy) is 1. The Balaban J connectivity index is 2.37. The summed E-state index contributed by atoms with van der Waals surface area (Å²) in [7, 11) is -4.67. The SMILES string of the molecule is CCOC(=O)[C@@H]1[C@@H](C(F)(F)P(=O)(OCC)OCC)[C@H]2C=C[C@@H]1C2. The first-order valence-electron chi connectivity index (χ1n) is 7.94. The van der Waals surface area contributed by atoms with Crippen LogP contribution >= 0.6 is 7.60 Å². The number of carbonyl (C=O) groups excluding carboxylic acids is 1. The minimum Gasteiger partial charge on any atom is -0.466 e. The van der Waals surface area contributed by atoms with Crippen LogP contribution in [0.1, 0.15) is 27.2 Å². The van der Waals surface area contributed by atoms with Gasteiger partial charge in [0.15, 0.2) is 0 Å². The molecule has 2 bridgehead atoms. The highest BCUT2D eigenvalue weighted by molar-refractivity contribution is 7.55. The predicted molar refractivity (Wildman–Crippen MR) is 80.2 cm³/mol. The van der Waals surface area contributed by atoms with Gasteiger partial charge in [-0.25, -0.2) is 0 Å². The van der Waals surface area contributed by atoms with Gasteiger partial charge in [-0.05, 0) is 39.0 Å². The Labute approximate surface area is 134 Å². The molecular formula is C15H23F2O5P. The fourth-order valence-electron chi connectivity index (χ4n) is 3.59. The number of hydrogen-bond acceptors (Lipinski definition) is 5. The third-order valence-electron chi connectivity index (χ3n) is 4.38. The van der Waals surface area contributed by atoms with Gasteiger partial charge in [0.2, 0.25) is 0 Å². The lowest BCUT2D eigenvalue weighted by Gasteiger charge is -2.36. The Bertz CT molecular complexity index is 512. The number of halogens is 2. The Morgan fingerprint density at radius 2 is 1.70 bits per heavy atom. The largest absolute Gasteiger partial charge is 0.466 e. The zero-order valence-corrected chi connectivity index (χ0v) is 14.4. The quantitative estimate of drug-likeness (QED) is 0.377. The highest BCUT2D eigenvalue weighted by Crippen LogP contribution is 2.70. The Morgan fingerprint density at radius 3 is 2.22 bits per heavy atom. The van der Waals surface area contributed by atoms with Gasteiger partial charge >= 0.3 is 19.2 Å². The van der Waals surface area contributed by atoms with Gasteiger partial charge in [0.25, 0.3) is 0 Å². The smallest absolute Gasteiger partial charge is 0.399 e. The van der Waals surface area contributed by atoms with E-state index in [1.54, 1.807) is 19.1 Å². The van der Waals surface area contributed by atoms with E-state index in [2.05, 4.69) is 0 Å². The summed E-state index contributed by atoms with van der Waals surface area (Å²) in [6, 6.07) is 0. The maximum Gasteiger partial charge on any atom is 0.399 e. The second kappa shape index (κ2) is 6.99. The van der Waals surface area contributed by atoms with Gasteiger partial charge < -0.3 is 13.8 Å². The molecule has 0 aromatic carbocycles. The number of fused-ring (bicyclic) bond motifs is 2. The first-order chi connectivity index (χ1) is 10.8. The summed E-state index contributed by atoms with van der Waals surface area (Å²) in [4.78, 5) is 12.2. The van der Waals surface area contributed by atoms with Crippen molar-refractivity contribution in [1.82, 2.24) is 0 Å². The maximum atomic E-state index is 15.1. The lowest BCUT2D eigenvalue weighted by atomic mass is 9.83. The van der Waals surface area contributed by atoms with Gasteiger partial charge in [-0.3, -0.25) is 9.36 Å². The molecule has 2 rings (SSSR count). The summed E-state index contributed by atoms with van der Waals surface area (Å²) < 4.78 is 57.5. The molecule has 0 aromatic rings. The molecule has 0 N–H and O–H groups in total. The molecule has 0 aromatic heterocycles. The molecule has 2 aliphatic carbocycles. The van der Waals surface area contributed by atoms with Crippen molar-refractivity contribution < 1.29 is 31.9 Å². The number of esters is 1. The molecule has 132 valence electrons. The normalized spacial score (nSPS) is 30.0. The average Bonchev–Trinajstić information content (AvgIpc) is 3.08. The minimum atomic E-state index is -4.67. The first-order valence-corrected chi connectivity index (χ1v) is 9.48. The molecule has 2 aliphatic rings. The highest BCUT2D eigenvalue weighted by atomic mass is 31.2. The van der Waals surface area contributed by atoms with E-state index >= 15 is 8.78 Å². The molecule has 0 unspecified atom stereocenters. The van der Waals surface area contributed by atoms with Crippen LogP contribution in [-0.4, -0.2) is 31.5 Å². The van der Waals surface area contributed by atoms with E-state index < -0.39 is 37.0 Å². The van der Waals surface area contributed by atoms with Crippen molar-refractivity contribution in [3.8, 4) is 0 Å². The second-order valence-corrected chi connectivity index (χ2v) is 7.78. The van der Waals surface area contributed by atoms with Crippen molar-refractivity contribution in [3.05, 3.63) is 12.2 Å². The predicted octanol–water partition coefficient (Wildman–Crippen LogP) is 3.85. The van der Waals surface area contributed by atoms with Gasteiger partial charge in [0.1, 0.15) is 0 Å². The summed E-state index contributed by atoms with van der Waals surface area (Å²) >= 11 is 0. The summed E-state index contributed by atoms with van der Waals surface area (Å²) in [5.41, 5.74) is -3.75. The first kappa shape index (κ1) is 18.6. The molecule has 0 amide bonds. The van der Waals surface area contributed by atoms with Crippen molar-refractivity contribution in [2.75, 3.05) is 19.8 Å². The van der Waals surface area contributed by atoms with Crippen LogP contribution in [0.5, 0.6) is 0 Å². The van der Waals surface area contributed by atoms with Crippen LogP contribution in [0, 0.1) is 23.7 Å². The number of allylic oxidation sites excluding steroid dienone is 2. The molecule has 0 aliphatic heterocycles. The van der Waals surface area contributed by atoms with Gasteiger partial charge in [0, 0.05) is 0 Å². The summed E-state index contributed by atoms with van der Waals surface area (Å²) in [5.74, 6) is -3.96. The summed E-state index contributed by atoms with van der Waals surface area (Å²) in [5, 5.41) is 0. The van der Waals surface area contributed by atoms with Crippen LogP contribution in [0.2, 0.25) is 0 Å². The van der Waals surface area contributed by atoms with Gasteiger partial charge in [-0.2, -0.15) is 8.78 Å².